The van der Waals surface area contributed by atoms with Crippen molar-refractivity contribution in [2.24, 2.45) is 0 Å². The Hall–Kier alpha value is -3.61. The van der Waals surface area contributed by atoms with Crippen molar-refractivity contribution in [2.45, 2.75) is 18.8 Å². The number of aromatic nitrogens is 4. The van der Waals surface area contributed by atoms with Crippen molar-refractivity contribution in [2.75, 3.05) is 17.2 Å². The standard InChI is InChI=1S/C21H22N6O/c1-14(15-5-3-2-4-6-15)11-17(28)13-23-21-22-10-9-19(25-21)24-20-12-18(26-27-20)16-7-8-16/h2-6,9-12,16,28H,1,7-8,13H2,(H3,22,23,24,25,26,27)/b17-11-. The molecule has 142 valence electrons. The fourth-order valence-corrected chi connectivity index (χ4v) is 2.80. The lowest BCUT2D eigenvalue weighted by atomic mass is 10.1. The smallest absolute Gasteiger partial charge is 0.224 e. The molecule has 3 aromatic rings. The number of aliphatic hydroxyl groups excluding tert-OH is 1. The molecule has 0 amide bonds. The summed E-state index contributed by atoms with van der Waals surface area (Å²) in [6.07, 6.45) is 5.70. The van der Waals surface area contributed by atoms with Crippen molar-refractivity contribution in [1.29, 1.82) is 0 Å². The van der Waals surface area contributed by atoms with Crippen LogP contribution in [0, 0.1) is 0 Å². The molecule has 2 heterocycles. The summed E-state index contributed by atoms with van der Waals surface area (Å²) in [6.45, 7) is 4.18. The average molecular weight is 374 g/mol. The van der Waals surface area contributed by atoms with E-state index in [-0.39, 0.29) is 12.3 Å². The Bertz CT molecular complexity index is 991. The first-order chi connectivity index (χ1) is 13.7. The van der Waals surface area contributed by atoms with Gasteiger partial charge in [0.25, 0.3) is 0 Å². The van der Waals surface area contributed by atoms with Gasteiger partial charge in [-0.25, -0.2) is 4.98 Å². The predicted octanol–water partition coefficient (Wildman–Crippen LogP) is 4.39. The molecule has 0 saturated heterocycles. The minimum Gasteiger partial charge on any atom is -0.510 e. The minimum absolute atomic E-state index is 0.151. The Labute approximate surface area is 163 Å². The zero-order valence-corrected chi connectivity index (χ0v) is 15.4. The van der Waals surface area contributed by atoms with Gasteiger partial charge < -0.3 is 15.7 Å². The highest BCUT2D eigenvalue weighted by Gasteiger charge is 2.26. The number of H-pyrrole nitrogens is 1. The minimum atomic E-state index is 0.151. The maximum absolute atomic E-state index is 10.2. The van der Waals surface area contributed by atoms with Crippen molar-refractivity contribution in [1.82, 2.24) is 20.2 Å². The molecule has 0 bridgehead atoms. The van der Waals surface area contributed by atoms with Gasteiger partial charge in [-0.1, -0.05) is 36.9 Å². The van der Waals surface area contributed by atoms with Crippen LogP contribution in [0.25, 0.3) is 5.57 Å². The van der Waals surface area contributed by atoms with Gasteiger partial charge in [-0.05, 0) is 36.1 Å². The molecule has 7 heteroatoms. The van der Waals surface area contributed by atoms with Crippen LogP contribution in [0.1, 0.15) is 30.0 Å². The third kappa shape index (κ3) is 4.56. The maximum Gasteiger partial charge on any atom is 0.224 e. The molecule has 1 saturated carbocycles. The van der Waals surface area contributed by atoms with E-state index in [0.29, 0.717) is 17.7 Å². The first-order valence-electron chi connectivity index (χ1n) is 9.20. The lowest BCUT2D eigenvalue weighted by Gasteiger charge is -2.07. The fraction of sp³-hybridized carbons (Fsp3) is 0.190. The van der Waals surface area contributed by atoms with Gasteiger partial charge in [0.2, 0.25) is 5.95 Å². The third-order valence-corrected chi connectivity index (χ3v) is 4.42. The van der Waals surface area contributed by atoms with Crippen molar-refractivity contribution in [3.05, 3.63) is 78.3 Å². The Morgan fingerprint density at radius 3 is 2.86 bits per heavy atom. The maximum atomic E-state index is 10.2. The first kappa shape index (κ1) is 17.8. The number of hydrogen-bond donors (Lipinski definition) is 4. The van der Waals surface area contributed by atoms with E-state index < -0.39 is 0 Å². The molecule has 28 heavy (non-hydrogen) atoms. The Morgan fingerprint density at radius 1 is 1.25 bits per heavy atom. The number of rotatable bonds is 8. The summed E-state index contributed by atoms with van der Waals surface area (Å²) in [7, 11) is 0. The lowest BCUT2D eigenvalue weighted by molar-refractivity contribution is 0.408. The number of hydrogen-bond acceptors (Lipinski definition) is 6. The van der Waals surface area contributed by atoms with E-state index in [1.807, 2.05) is 36.4 Å². The van der Waals surface area contributed by atoms with Crippen LogP contribution < -0.4 is 10.6 Å². The third-order valence-electron chi connectivity index (χ3n) is 4.42. The van der Waals surface area contributed by atoms with E-state index in [1.165, 1.54) is 12.8 Å². The van der Waals surface area contributed by atoms with Gasteiger partial charge in [0, 0.05) is 18.2 Å². The van der Waals surface area contributed by atoms with Crippen LogP contribution in [-0.4, -0.2) is 31.8 Å². The van der Waals surface area contributed by atoms with Crippen molar-refractivity contribution in [3.63, 3.8) is 0 Å². The van der Waals surface area contributed by atoms with Crippen LogP contribution in [0.3, 0.4) is 0 Å². The van der Waals surface area contributed by atoms with Crippen molar-refractivity contribution < 1.29 is 5.11 Å². The second-order valence-electron chi connectivity index (χ2n) is 6.75. The number of anilines is 3. The van der Waals surface area contributed by atoms with Crippen LogP contribution >= 0.6 is 0 Å². The van der Waals surface area contributed by atoms with Gasteiger partial charge in [0.05, 0.1) is 12.2 Å². The van der Waals surface area contributed by atoms with Gasteiger partial charge in [0.1, 0.15) is 17.4 Å². The molecular formula is C21H22N6O. The number of nitrogens with zero attached hydrogens (tertiary/aromatic N) is 3. The molecule has 0 aliphatic heterocycles. The molecule has 2 aromatic heterocycles. The Morgan fingerprint density at radius 2 is 2.07 bits per heavy atom. The number of aliphatic hydroxyl groups is 1. The van der Waals surface area contributed by atoms with E-state index in [1.54, 1.807) is 18.3 Å². The number of allylic oxidation sites excluding steroid dienone is 2. The van der Waals surface area contributed by atoms with E-state index >= 15 is 0 Å². The largest absolute Gasteiger partial charge is 0.510 e. The molecule has 1 aliphatic carbocycles. The summed E-state index contributed by atoms with van der Waals surface area (Å²) >= 11 is 0. The van der Waals surface area contributed by atoms with Gasteiger partial charge in [-0.2, -0.15) is 10.1 Å². The van der Waals surface area contributed by atoms with E-state index in [9.17, 15) is 5.11 Å². The lowest BCUT2D eigenvalue weighted by Crippen LogP contribution is -2.08. The molecule has 0 unspecified atom stereocenters. The van der Waals surface area contributed by atoms with Crippen molar-refractivity contribution in [3.8, 4) is 0 Å². The topological polar surface area (TPSA) is 98.7 Å². The first-order valence-corrected chi connectivity index (χ1v) is 9.20. The molecule has 0 radical (unpaired) electrons. The van der Waals surface area contributed by atoms with Gasteiger partial charge in [-0.15, -0.1) is 0 Å². The zero-order chi connectivity index (χ0) is 19.3. The molecule has 0 spiro atoms. The highest BCUT2D eigenvalue weighted by Crippen LogP contribution is 2.39. The van der Waals surface area contributed by atoms with Crippen LogP contribution in [0.15, 0.2) is 67.1 Å². The highest BCUT2D eigenvalue weighted by atomic mass is 16.3. The second kappa shape index (κ2) is 7.96. The normalized spacial score (nSPS) is 13.9. The summed E-state index contributed by atoms with van der Waals surface area (Å²) in [4.78, 5) is 8.59. The molecule has 1 aromatic carbocycles. The zero-order valence-electron chi connectivity index (χ0n) is 15.4. The van der Waals surface area contributed by atoms with Crippen LogP contribution in [0.4, 0.5) is 17.6 Å². The van der Waals surface area contributed by atoms with Gasteiger partial charge in [0.15, 0.2) is 0 Å². The SMILES string of the molecule is C=C(/C=C(\O)CNc1nccc(Nc2cc(C3CC3)n[nH]2)n1)c1ccccc1. The molecular weight excluding hydrogens is 352 g/mol. The van der Waals surface area contributed by atoms with Gasteiger partial charge >= 0.3 is 0 Å². The molecule has 1 aliphatic rings. The molecule has 1 fully saturated rings. The molecule has 4 rings (SSSR count). The van der Waals surface area contributed by atoms with Gasteiger partial charge in [-0.3, -0.25) is 5.10 Å². The molecule has 4 N–H and O–H groups in total. The number of nitrogens with one attached hydrogen (secondary N) is 3. The summed E-state index contributed by atoms with van der Waals surface area (Å²) in [6, 6.07) is 13.5. The summed E-state index contributed by atoms with van der Waals surface area (Å²) in [5.74, 6) is 2.60. The fourth-order valence-electron chi connectivity index (χ4n) is 2.80. The second-order valence-corrected chi connectivity index (χ2v) is 6.75. The predicted molar refractivity (Wildman–Crippen MR) is 111 cm³/mol. The summed E-state index contributed by atoms with van der Waals surface area (Å²) in [5.41, 5.74) is 2.78. The molecule has 7 nitrogen and oxygen atoms in total. The molecule has 0 atom stereocenters. The average Bonchev–Trinajstić information content (AvgIpc) is 3.47. The highest BCUT2D eigenvalue weighted by molar-refractivity contribution is 5.72. The number of benzene rings is 1. The van der Waals surface area contributed by atoms with Crippen LogP contribution in [0.2, 0.25) is 0 Å². The quantitative estimate of drug-likeness (QED) is 0.345. The Kier molecular flexibility index (Phi) is 5.05. The van der Waals surface area contributed by atoms with Crippen LogP contribution in [-0.2, 0) is 0 Å². The van der Waals surface area contributed by atoms with E-state index in [2.05, 4.69) is 37.4 Å². The summed E-state index contributed by atoms with van der Waals surface area (Å²) in [5, 5.41) is 23.7. The van der Waals surface area contributed by atoms with E-state index in [4.69, 9.17) is 0 Å². The van der Waals surface area contributed by atoms with E-state index in [0.717, 1.165) is 22.6 Å². The Balaban J connectivity index is 1.35. The number of aromatic amines is 1. The van der Waals surface area contributed by atoms with Crippen molar-refractivity contribution >= 4 is 23.2 Å². The summed E-state index contributed by atoms with van der Waals surface area (Å²) < 4.78 is 0. The monoisotopic (exact) mass is 374 g/mol. The van der Waals surface area contributed by atoms with Crippen LogP contribution in [0.5, 0.6) is 0 Å².